The van der Waals surface area contributed by atoms with E-state index in [1.807, 2.05) is 0 Å². The number of fused-ring (bicyclic) bond motifs is 1. The standard InChI is InChI=1S/C22H27FN4O2S/c1-14-2-7-17-18(12-14)30-22(20(17)21(24)29)25-19(28)13-26-8-10-27(11-9-26)16-5-3-15(23)4-6-16/h3-6,14H,2,7-13H2,1H3,(H2,24,29)(H,25,28)/t14-/m0/s1. The summed E-state index contributed by atoms with van der Waals surface area (Å²) in [6, 6.07) is 6.49. The van der Waals surface area contributed by atoms with Crippen molar-refractivity contribution in [3.63, 3.8) is 0 Å². The maximum absolute atomic E-state index is 13.1. The molecular weight excluding hydrogens is 403 g/mol. The van der Waals surface area contributed by atoms with E-state index in [0.29, 0.717) is 16.5 Å². The number of nitrogens with one attached hydrogen (secondary N) is 1. The van der Waals surface area contributed by atoms with Crippen molar-refractivity contribution in [2.24, 2.45) is 11.7 Å². The van der Waals surface area contributed by atoms with E-state index in [1.54, 1.807) is 12.1 Å². The predicted octanol–water partition coefficient (Wildman–Crippen LogP) is 2.87. The van der Waals surface area contributed by atoms with Crippen molar-refractivity contribution < 1.29 is 14.0 Å². The van der Waals surface area contributed by atoms with E-state index in [4.69, 9.17) is 5.73 Å². The number of nitrogens with two attached hydrogens (primary N) is 1. The molecule has 30 heavy (non-hydrogen) atoms. The van der Waals surface area contributed by atoms with Gasteiger partial charge in [0.15, 0.2) is 0 Å². The van der Waals surface area contributed by atoms with E-state index in [-0.39, 0.29) is 18.3 Å². The minimum Gasteiger partial charge on any atom is -0.369 e. The van der Waals surface area contributed by atoms with Crippen LogP contribution in [0.4, 0.5) is 15.1 Å². The Kier molecular flexibility index (Phi) is 6.06. The lowest BCUT2D eigenvalue weighted by molar-refractivity contribution is -0.117. The second-order valence-electron chi connectivity index (χ2n) is 8.21. The van der Waals surface area contributed by atoms with Crippen LogP contribution in [0.15, 0.2) is 24.3 Å². The highest BCUT2D eigenvalue weighted by Crippen LogP contribution is 2.39. The number of anilines is 2. The first kappa shape index (κ1) is 20.8. The molecule has 0 bridgehead atoms. The predicted molar refractivity (Wildman–Crippen MR) is 118 cm³/mol. The molecule has 1 atom stereocenters. The van der Waals surface area contributed by atoms with Gasteiger partial charge in [0.25, 0.3) is 5.91 Å². The highest BCUT2D eigenvalue weighted by Gasteiger charge is 2.28. The third-order valence-corrected chi connectivity index (χ3v) is 7.11. The van der Waals surface area contributed by atoms with Gasteiger partial charge in [0.1, 0.15) is 10.8 Å². The first-order chi connectivity index (χ1) is 14.4. The molecule has 1 saturated heterocycles. The number of hydrogen-bond donors (Lipinski definition) is 2. The average Bonchev–Trinajstić information content (AvgIpc) is 3.06. The Bertz CT molecular complexity index is 935. The molecule has 2 amide bonds. The highest BCUT2D eigenvalue weighted by molar-refractivity contribution is 7.17. The van der Waals surface area contributed by atoms with Crippen molar-refractivity contribution in [3.8, 4) is 0 Å². The zero-order valence-electron chi connectivity index (χ0n) is 17.1. The number of amides is 2. The van der Waals surface area contributed by atoms with Gasteiger partial charge in [-0.1, -0.05) is 6.92 Å². The smallest absolute Gasteiger partial charge is 0.251 e. The van der Waals surface area contributed by atoms with Crippen LogP contribution in [0.2, 0.25) is 0 Å². The second-order valence-corrected chi connectivity index (χ2v) is 9.31. The van der Waals surface area contributed by atoms with Crippen LogP contribution in [0.25, 0.3) is 0 Å². The minimum atomic E-state index is -0.467. The molecule has 160 valence electrons. The van der Waals surface area contributed by atoms with E-state index in [0.717, 1.165) is 56.7 Å². The fourth-order valence-corrected chi connectivity index (χ4v) is 5.72. The number of carbonyl (C=O) groups excluding carboxylic acids is 2. The molecule has 1 aliphatic carbocycles. The topological polar surface area (TPSA) is 78.7 Å². The SMILES string of the molecule is C[C@H]1CCc2c(sc(NC(=O)CN3CCN(c4ccc(F)cc4)CC3)c2C(N)=O)C1. The lowest BCUT2D eigenvalue weighted by Gasteiger charge is -2.35. The van der Waals surface area contributed by atoms with Gasteiger partial charge in [0, 0.05) is 36.7 Å². The first-order valence-corrected chi connectivity index (χ1v) is 11.2. The van der Waals surface area contributed by atoms with Crippen molar-refractivity contribution >= 4 is 33.8 Å². The molecule has 0 unspecified atom stereocenters. The van der Waals surface area contributed by atoms with Crippen LogP contribution in [0.3, 0.4) is 0 Å². The van der Waals surface area contributed by atoms with Gasteiger partial charge in [-0.25, -0.2) is 4.39 Å². The number of nitrogens with zero attached hydrogens (tertiary/aromatic N) is 2. The first-order valence-electron chi connectivity index (χ1n) is 10.4. The van der Waals surface area contributed by atoms with Gasteiger partial charge >= 0.3 is 0 Å². The van der Waals surface area contributed by atoms with Crippen molar-refractivity contribution in [2.75, 3.05) is 42.9 Å². The number of hydrogen-bond acceptors (Lipinski definition) is 5. The average molecular weight is 431 g/mol. The van der Waals surface area contributed by atoms with Gasteiger partial charge < -0.3 is 16.0 Å². The minimum absolute atomic E-state index is 0.126. The number of carbonyl (C=O) groups is 2. The van der Waals surface area contributed by atoms with Gasteiger partial charge in [-0.2, -0.15) is 0 Å². The summed E-state index contributed by atoms with van der Waals surface area (Å²) in [4.78, 5) is 30.2. The van der Waals surface area contributed by atoms with Crippen molar-refractivity contribution in [1.82, 2.24) is 4.90 Å². The Hall–Kier alpha value is -2.45. The molecule has 4 rings (SSSR count). The fraction of sp³-hybridized carbons (Fsp3) is 0.455. The summed E-state index contributed by atoms with van der Waals surface area (Å²) in [5.74, 6) is -0.253. The number of primary amides is 1. The summed E-state index contributed by atoms with van der Waals surface area (Å²) in [6.07, 6.45) is 2.81. The molecule has 6 nitrogen and oxygen atoms in total. The monoisotopic (exact) mass is 430 g/mol. The Morgan fingerprint density at radius 3 is 2.57 bits per heavy atom. The summed E-state index contributed by atoms with van der Waals surface area (Å²) in [6.45, 7) is 5.51. The maximum Gasteiger partial charge on any atom is 0.251 e. The lowest BCUT2D eigenvalue weighted by Crippen LogP contribution is -2.48. The normalized spacial score (nSPS) is 19.4. The fourth-order valence-electron chi connectivity index (χ4n) is 4.28. The second kappa shape index (κ2) is 8.73. The van der Waals surface area contributed by atoms with Gasteiger partial charge in [-0.3, -0.25) is 14.5 Å². The molecule has 0 saturated carbocycles. The van der Waals surface area contributed by atoms with E-state index in [1.165, 1.54) is 28.3 Å². The van der Waals surface area contributed by atoms with Crippen molar-refractivity contribution in [1.29, 1.82) is 0 Å². The van der Waals surface area contributed by atoms with E-state index < -0.39 is 5.91 Å². The Balaban J connectivity index is 1.35. The van der Waals surface area contributed by atoms with Crippen LogP contribution in [-0.4, -0.2) is 49.4 Å². The van der Waals surface area contributed by atoms with E-state index >= 15 is 0 Å². The lowest BCUT2D eigenvalue weighted by atomic mass is 9.88. The Morgan fingerprint density at radius 2 is 1.90 bits per heavy atom. The van der Waals surface area contributed by atoms with Crippen LogP contribution >= 0.6 is 11.3 Å². The van der Waals surface area contributed by atoms with Gasteiger partial charge in [-0.05, 0) is 55.0 Å². The van der Waals surface area contributed by atoms with E-state index in [2.05, 4.69) is 22.0 Å². The summed E-state index contributed by atoms with van der Waals surface area (Å²) >= 11 is 1.49. The Labute approximate surface area is 179 Å². The molecule has 2 aliphatic rings. The largest absolute Gasteiger partial charge is 0.369 e. The quantitative estimate of drug-likeness (QED) is 0.765. The van der Waals surface area contributed by atoms with Crippen LogP contribution < -0.4 is 16.0 Å². The summed E-state index contributed by atoms with van der Waals surface area (Å²) in [5, 5.41) is 3.54. The number of thiophene rings is 1. The Morgan fingerprint density at radius 1 is 1.20 bits per heavy atom. The van der Waals surface area contributed by atoms with Gasteiger partial charge in [0.05, 0.1) is 12.1 Å². The number of piperazine rings is 1. The summed E-state index contributed by atoms with van der Waals surface area (Å²) in [5.41, 5.74) is 8.14. The van der Waals surface area contributed by atoms with Crippen molar-refractivity contribution in [3.05, 3.63) is 46.1 Å². The highest BCUT2D eigenvalue weighted by atomic mass is 32.1. The van der Waals surface area contributed by atoms with E-state index in [9.17, 15) is 14.0 Å². The summed E-state index contributed by atoms with van der Waals surface area (Å²) in [7, 11) is 0. The van der Waals surface area contributed by atoms with Crippen LogP contribution in [0.5, 0.6) is 0 Å². The molecule has 0 spiro atoms. The zero-order valence-corrected chi connectivity index (χ0v) is 17.9. The van der Waals surface area contributed by atoms with Gasteiger partial charge in [0.2, 0.25) is 5.91 Å². The third kappa shape index (κ3) is 4.49. The molecule has 1 fully saturated rings. The number of benzene rings is 1. The van der Waals surface area contributed by atoms with Crippen LogP contribution in [0.1, 0.15) is 34.1 Å². The molecule has 3 N–H and O–H groups in total. The molecule has 1 aromatic heterocycles. The van der Waals surface area contributed by atoms with Gasteiger partial charge in [-0.15, -0.1) is 11.3 Å². The van der Waals surface area contributed by atoms with Crippen LogP contribution in [-0.2, 0) is 17.6 Å². The molecular formula is C22H27FN4O2S. The molecule has 1 aromatic carbocycles. The third-order valence-electron chi connectivity index (χ3n) is 5.94. The number of rotatable bonds is 5. The molecule has 0 radical (unpaired) electrons. The van der Waals surface area contributed by atoms with Crippen LogP contribution in [0, 0.1) is 11.7 Å². The molecule has 8 heteroatoms. The summed E-state index contributed by atoms with van der Waals surface area (Å²) < 4.78 is 13.1. The number of halogens is 1. The molecule has 1 aliphatic heterocycles. The zero-order chi connectivity index (χ0) is 21.3. The molecule has 2 aromatic rings. The maximum atomic E-state index is 13.1. The molecule has 2 heterocycles. The van der Waals surface area contributed by atoms with Crippen molar-refractivity contribution in [2.45, 2.75) is 26.2 Å².